The number of rotatable bonds is 5. The quantitative estimate of drug-likeness (QED) is 0.712. The van der Waals surface area contributed by atoms with Crippen molar-refractivity contribution in [1.29, 1.82) is 0 Å². The minimum absolute atomic E-state index is 0.0251. The van der Waals surface area contributed by atoms with Gasteiger partial charge >= 0.3 is 0 Å². The van der Waals surface area contributed by atoms with Crippen LogP contribution >= 0.6 is 0 Å². The van der Waals surface area contributed by atoms with Gasteiger partial charge in [-0.25, -0.2) is 4.39 Å². The molecule has 2 aliphatic heterocycles. The van der Waals surface area contributed by atoms with Crippen LogP contribution in [0.3, 0.4) is 0 Å². The molecule has 2 fully saturated rings. The lowest BCUT2D eigenvalue weighted by Crippen LogP contribution is -2.54. The summed E-state index contributed by atoms with van der Waals surface area (Å²) in [5, 5.41) is 0. The van der Waals surface area contributed by atoms with Gasteiger partial charge < -0.3 is 19.3 Å². The Bertz CT molecular complexity index is 962. The molecule has 1 atom stereocenters. The van der Waals surface area contributed by atoms with Crippen molar-refractivity contribution in [3.63, 3.8) is 0 Å². The van der Waals surface area contributed by atoms with E-state index in [1.54, 1.807) is 36.3 Å². The molecule has 0 spiro atoms. The molecule has 0 bridgehead atoms. The van der Waals surface area contributed by atoms with E-state index in [0.717, 1.165) is 13.1 Å². The van der Waals surface area contributed by atoms with Crippen molar-refractivity contribution in [3.05, 3.63) is 65.5 Å². The fourth-order valence-electron chi connectivity index (χ4n) is 4.23. The molecule has 4 rings (SSSR count). The van der Waals surface area contributed by atoms with E-state index < -0.39 is 5.82 Å². The maximum absolute atomic E-state index is 13.5. The van der Waals surface area contributed by atoms with Gasteiger partial charge in [0.1, 0.15) is 11.6 Å². The van der Waals surface area contributed by atoms with Crippen molar-refractivity contribution in [1.82, 2.24) is 14.7 Å². The topological polar surface area (TPSA) is 62.3 Å². The van der Waals surface area contributed by atoms with E-state index in [4.69, 9.17) is 9.47 Å². The van der Waals surface area contributed by atoms with Crippen molar-refractivity contribution in [2.45, 2.75) is 6.10 Å². The third kappa shape index (κ3) is 5.08. The Morgan fingerprint density at radius 2 is 1.78 bits per heavy atom. The molecular weight excluding hydrogens is 413 g/mol. The predicted octanol–water partition coefficient (Wildman–Crippen LogP) is 2.13. The van der Waals surface area contributed by atoms with E-state index in [0.29, 0.717) is 56.2 Å². The minimum atomic E-state index is -0.416. The predicted molar refractivity (Wildman–Crippen MR) is 117 cm³/mol. The lowest BCUT2D eigenvalue weighted by molar-refractivity contribution is -0.0400. The third-order valence-corrected chi connectivity index (χ3v) is 5.96. The summed E-state index contributed by atoms with van der Waals surface area (Å²) in [6.07, 6.45) is -0.113. The zero-order valence-corrected chi connectivity index (χ0v) is 18.2. The average molecular weight is 442 g/mol. The Kier molecular flexibility index (Phi) is 7.02. The molecule has 0 aliphatic carbocycles. The number of ether oxygens (including phenoxy) is 2. The molecule has 0 aromatic heterocycles. The number of piperazine rings is 1. The Hall–Kier alpha value is -2.97. The molecule has 170 valence electrons. The number of carbonyl (C=O) groups excluding carboxylic acids is 2. The van der Waals surface area contributed by atoms with Gasteiger partial charge in [-0.3, -0.25) is 14.5 Å². The van der Waals surface area contributed by atoms with Crippen molar-refractivity contribution < 1.29 is 23.5 Å². The molecule has 32 heavy (non-hydrogen) atoms. The first-order chi connectivity index (χ1) is 15.5. The summed E-state index contributed by atoms with van der Waals surface area (Å²) in [5.74, 6) is -0.0345. The first-order valence-corrected chi connectivity index (χ1v) is 10.9. The van der Waals surface area contributed by atoms with Crippen LogP contribution in [0, 0.1) is 5.82 Å². The molecule has 2 aromatic carbocycles. The first kappa shape index (κ1) is 22.2. The summed E-state index contributed by atoms with van der Waals surface area (Å²) in [5.41, 5.74) is 0.930. The minimum Gasteiger partial charge on any atom is -0.496 e. The number of amides is 2. The highest BCUT2D eigenvalue weighted by Crippen LogP contribution is 2.20. The van der Waals surface area contributed by atoms with Gasteiger partial charge in [0.2, 0.25) is 0 Å². The van der Waals surface area contributed by atoms with Gasteiger partial charge in [-0.15, -0.1) is 0 Å². The van der Waals surface area contributed by atoms with Crippen molar-refractivity contribution >= 4 is 11.8 Å². The summed E-state index contributed by atoms with van der Waals surface area (Å²) in [4.78, 5) is 31.4. The molecule has 8 heteroatoms. The number of benzene rings is 2. The number of hydrogen-bond acceptors (Lipinski definition) is 5. The number of halogens is 1. The van der Waals surface area contributed by atoms with Gasteiger partial charge in [-0.05, 0) is 30.3 Å². The van der Waals surface area contributed by atoms with Crippen LogP contribution in [-0.2, 0) is 4.74 Å². The number of hydrogen-bond donors (Lipinski definition) is 0. The number of methoxy groups -OCH3 is 1. The van der Waals surface area contributed by atoms with Crippen molar-refractivity contribution in [3.8, 4) is 5.75 Å². The molecular formula is C24H28FN3O4. The van der Waals surface area contributed by atoms with Gasteiger partial charge in [-0.2, -0.15) is 0 Å². The summed E-state index contributed by atoms with van der Waals surface area (Å²) < 4.78 is 24.7. The summed E-state index contributed by atoms with van der Waals surface area (Å²) >= 11 is 0. The standard InChI is InChI=1S/C24H28FN3O4/c1-31-22-8-3-2-7-21(22)24(30)27-11-9-26(10-12-27)16-20-17-28(13-14-32-20)23(29)18-5-4-6-19(25)15-18/h2-8,15,20H,9-14,16-17H2,1H3. The highest BCUT2D eigenvalue weighted by molar-refractivity contribution is 5.97. The van der Waals surface area contributed by atoms with Gasteiger partial charge in [0.05, 0.1) is 25.4 Å². The molecule has 2 aliphatic rings. The first-order valence-electron chi connectivity index (χ1n) is 10.9. The fourth-order valence-corrected chi connectivity index (χ4v) is 4.23. The zero-order chi connectivity index (χ0) is 22.5. The zero-order valence-electron chi connectivity index (χ0n) is 18.2. The second-order valence-corrected chi connectivity index (χ2v) is 8.05. The molecule has 7 nitrogen and oxygen atoms in total. The van der Waals surface area contributed by atoms with Gasteiger partial charge in [0.15, 0.2) is 0 Å². The molecule has 1 unspecified atom stereocenters. The Labute approximate surface area is 187 Å². The van der Waals surface area contributed by atoms with E-state index in [1.165, 1.54) is 12.1 Å². The van der Waals surface area contributed by atoms with Crippen LogP contribution in [0.2, 0.25) is 0 Å². The molecule has 0 N–H and O–H groups in total. The maximum atomic E-state index is 13.5. The Balaban J connectivity index is 1.29. The second-order valence-electron chi connectivity index (χ2n) is 8.05. The van der Waals surface area contributed by atoms with Crippen LogP contribution in [0.5, 0.6) is 5.75 Å². The fraction of sp³-hybridized carbons (Fsp3) is 0.417. The van der Waals surface area contributed by atoms with E-state index in [9.17, 15) is 14.0 Å². The van der Waals surface area contributed by atoms with E-state index in [2.05, 4.69) is 4.90 Å². The van der Waals surface area contributed by atoms with Crippen LogP contribution in [0.4, 0.5) is 4.39 Å². The van der Waals surface area contributed by atoms with Gasteiger partial charge in [0, 0.05) is 51.4 Å². The Morgan fingerprint density at radius 1 is 1.00 bits per heavy atom. The van der Waals surface area contributed by atoms with Crippen LogP contribution in [0.15, 0.2) is 48.5 Å². The van der Waals surface area contributed by atoms with Crippen LogP contribution in [0.25, 0.3) is 0 Å². The van der Waals surface area contributed by atoms with E-state index >= 15 is 0 Å². The molecule has 2 aromatic rings. The van der Waals surface area contributed by atoms with E-state index in [-0.39, 0.29) is 17.9 Å². The third-order valence-electron chi connectivity index (χ3n) is 5.96. The van der Waals surface area contributed by atoms with Crippen LogP contribution in [-0.4, -0.2) is 92.1 Å². The average Bonchev–Trinajstić information content (AvgIpc) is 2.84. The number of carbonyl (C=O) groups is 2. The lowest BCUT2D eigenvalue weighted by Gasteiger charge is -2.39. The normalized spacial score (nSPS) is 19.6. The second kappa shape index (κ2) is 10.1. The monoisotopic (exact) mass is 441 g/mol. The van der Waals surface area contributed by atoms with Crippen LogP contribution < -0.4 is 4.74 Å². The van der Waals surface area contributed by atoms with Crippen LogP contribution in [0.1, 0.15) is 20.7 Å². The summed E-state index contributed by atoms with van der Waals surface area (Å²) in [6, 6.07) is 13.0. The van der Waals surface area contributed by atoms with Crippen molar-refractivity contribution in [2.24, 2.45) is 0 Å². The number of morpholine rings is 1. The lowest BCUT2D eigenvalue weighted by atomic mass is 10.1. The highest BCUT2D eigenvalue weighted by atomic mass is 19.1. The van der Waals surface area contributed by atoms with Crippen molar-refractivity contribution in [2.75, 3.05) is 59.5 Å². The smallest absolute Gasteiger partial charge is 0.257 e. The molecule has 2 saturated heterocycles. The SMILES string of the molecule is COc1ccccc1C(=O)N1CCN(CC2CN(C(=O)c3cccc(F)c3)CCO2)CC1. The number of para-hydroxylation sites is 1. The molecule has 0 radical (unpaired) electrons. The van der Waals surface area contributed by atoms with Gasteiger partial charge in [0.25, 0.3) is 11.8 Å². The maximum Gasteiger partial charge on any atom is 0.257 e. The molecule has 0 saturated carbocycles. The molecule has 2 heterocycles. The summed E-state index contributed by atoms with van der Waals surface area (Å²) in [6.45, 7) is 4.81. The van der Waals surface area contributed by atoms with E-state index in [1.807, 2.05) is 17.0 Å². The summed E-state index contributed by atoms with van der Waals surface area (Å²) in [7, 11) is 1.57. The van der Waals surface area contributed by atoms with Gasteiger partial charge in [-0.1, -0.05) is 18.2 Å². The number of nitrogens with zero attached hydrogens (tertiary/aromatic N) is 3. The Morgan fingerprint density at radius 3 is 2.53 bits per heavy atom. The highest BCUT2D eigenvalue weighted by Gasteiger charge is 2.29. The molecule has 2 amide bonds. The largest absolute Gasteiger partial charge is 0.496 e.